The van der Waals surface area contributed by atoms with Crippen molar-refractivity contribution < 1.29 is 6.22 Å². The molecule has 3 rings (SSSR count). The summed E-state index contributed by atoms with van der Waals surface area (Å²) < 4.78 is 0. The van der Waals surface area contributed by atoms with Crippen molar-refractivity contribution >= 4 is 23.0 Å². The Hall–Kier alpha value is -2.83. The number of nitrogens with two attached hydrogens (primary N) is 2. The highest BCUT2D eigenvalue weighted by Gasteiger charge is 2.25. The molecule has 2 aromatic rings. The van der Waals surface area contributed by atoms with Crippen LogP contribution in [0.15, 0.2) is 48.5 Å². The van der Waals surface area contributed by atoms with E-state index in [-0.39, 0.29) is 13.5 Å². The summed E-state index contributed by atoms with van der Waals surface area (Å²) in [7, 11) is 1.84. The fourth-order valence-electron chi connectivity index (χ4n) is 3.13. The van der Waals surface area contributed by atoms with E-state index < -0.39 is 0 Å². The molecule has 2 aromatic carbocycles. The van der Waals surface area contributed by atoms with Crippen LogP contribution < -0.4 is 27.8 Å². The third kappa shape index (κ3) is 4.48. The van der Waals surface area contributed by atoms with Gasteiger partial charge in [-0.1, -0.05) is 56.3 Å². The average Bonchev–Trinajstić information content (AvgIpc) is 2.68. The molecule has 0 spiro atoms. The maximum Gasteiger partial charge on any atom is 0.228 e. The van der Waals surface area contributed by atoms with E-state index >= 15 is 0 Å². The predicted molar refractivity (Wildman–Crippen MR) is 116 cm³/mol. The van der Waals surface area contributed by atoms with E-state index in [1.165, 1.54) is 0 Å². The van der Waals surface area contributed by atoms with Crippen molar-refractivity contribution in [2.75, 3.05) is 18.5 Å². The molecule has 1 heterocycles. The quantitative estimate of drug-likeness (QED) is 0.660. The van der Waals surface area contributed by atoms with E-state index in [4.69, 9.17) is 11.5 Å². The van der Waals surface area contributed by atoms with Gasteiger partial charge in [0.25, 0.3) is 0 Å². The number of fused-ring (bicyclic) bond motifs is 2. The number of amides is 1. The number of hydrogen-bond acceptors (Lipinski definition) is 5. The summed E-state index contributed by atoms with van der Waals surface area (Å²) in [6, 6.07) is 15.7. The van der Waals surface area contributed by atoms with Crippen molar-refractivity contribution in [3.63, 3.8) is 0 Å². The highest BCUT2D eigenvalue weighted by atomic mass is 16.2. The third-order valence-electron chi connectivity index (χ3n) is 4.28. The highest BCUT2D eigenvalue weighted by Crippen LogP contribution is 2.34. The first-order chi connectivity index (χ1) is 12.7. The van der Waals surface area contributed by atoms with Crippen molar-refractivity contribution in [3.8, 4) is 0 Å². The van der Waals surface area contributed by atoms with Gasteiger partial charge in [0.2, 0.25) is 5.91 Å². The molecule has 148 valence electrons. The molecule has 8 N–H and O–H groups in total. The van der Waals surface area contributed by atoms with E-state index in [2.05, 4.69) is 5.32 Å². The number of rotatable bonds is 3. The van der Waals surface area contributed by atoms with E-state index in [1.807, 2.05) is 69.4 Å². The Balaban J connectivity index is 0.00000177. The first kappa shape index (κ1) is 22.2. The lowest BCUT2D eigenvalue weighted by molar-refractivity contribution is -0.118. The molecular formula is C21H33N5O. The Morgan fingerprint density at radius 1 is 1.11 bits per heavy atom. The van der Waals surface area contributed by atoms with Gasteiger partial charge < -0.3 is 27.8 Å². The molecule has 0 unspecified atom stereocenters. The number of anilines is 1. The molecule has 0 saturated carbocycles. The van der Waals surface area contributed by atoms with E-state index in [1.54, 1.807) is 4.90 Å². The summed E-state index contributed by atoms with van der Waals surface area (Å²) >= 11 is 0. The Morgan fingerprint density at radius 3 is 2.33 bits per heavy atom. The first-order valence-corrected chi connectivity index (χ1v) is 9.03. The molecule has 0 atom stereocenters. The minimum Gasteiger partial charge on any atom is -0.397 e. The molecule has 0 fully saturated rings. The van der Waals surface area contributed by atoms with Gasteiger partial charge in [0.1, 0.15) is 0 Å². The number of carbonyl (C=O) groups is 1. The van der Waals surface area contributed by atoms with Crippen LogP contribution >= 0.6 is 0 Å². The zero-order valence-corrected chi connectivity index (χ0v) is 16.5. The second-order valence-electron chi connectivity index (χ2n) is 5.73. The molecule has 1 amide bonds. The fourth-order valence-corrected chi connectivity index (χ4v) is 3.13. The van der Waals surface area contributed by atoms with Gasteiger partial charge in [-0.3, -0.25) is 4.79 Å². The summed E-state index contributed by atoms with van der Waals surface area (Å²) in [6.07, 6.45) is 0.310. The van der Waals surface area contributed by atoms with Crippen molar-refractivity contribution in [1.29, 1.82) is 0 Å². The molecule has 1 aliphatic heterocycles. The predicted octanol–water partition coefficient (Wildman–Crippen LogP) is 3.32. The van der Waals surface area contributed by atoms with E-state index in [0.29, 0.717) is 25.2 Å². The molecule has 0 bridgehead atoms. The molecule has 0 aliphatic carbocycles. The number of nitrogens with one attached hydrogen (secondary N) is 1. The Kier molecular flexibility index (Phi) is 8.51. The minimum atomic E-state index is 0. The van der Waals surface area contributed by atoms with Gasteiger partial charge in [0, 0.05) is 32.6 Å². The summed E-state index contributed by atoms with van der Waals surface area (Å²) in [5.74, 6) is 0.00989. The van der Waals surface area contributed by atoms with Crippen LogP contribution in [0, 0.1) is 0 Å². The first-order valence-electron chi connectivity index (χ1n) is 9.03. The van der Waals surface area contributed by atoms with Crippen LogP contribution in [-0.2, 0) is 11.3 Å². The van der Waals surface area contributed by atoms with Crippen LogP contribution in [0.3, 0.4) is 0 Å². The van der Waals surface area contributed by atoms with Crippen LogP contribution in [0.1, 0.15) is 38.4 Å². The van der Waals surface area contributed by atoms with Gasteiger partial charge in [-0.15, -0.1) is 0 Å². The molecular weight excluding hydrogens is 338 g/mol. The lowest BCUT2D eigenvalue weighted by atomic mass is 9.96. The normalized spacial score (nSPS) is 15.0. The molecule has 1 aliphatic rings. The third-order valence-corrected chi connectivity index (χ3v) is 4.28. The van der Waals surface area contributed by atoms with Crippen LogP contribution in [0.25, 0.3) is 11.4 Å². The zero-order chi connectivity index (χ0) is 19.1. The summed E-state index contributed by atoms with van der Waals surface area (Å²) in [6.45, 7) is 4.81. The molecule has 0 saturated heterocycles. The van der Waals surface area contributed by atoms with Crippen molar-refractivity contribution in [2.45, 2.75) is 26.8 Å². The topological polar surface area (TPSA) is 119 Å². The van der Waals surface area contributed by atoms with E-state index in [0.717, 1.165) is 28.1 Å². The summed E-state index contributed by atoms with van der Waals surface area (Å²) in [5.41, 5.74) is 17.3. The molecule has 0 aromatic heterocycles. The Labute approximate surface area is 163 Å². The molecule has 6 heteroatoms. The molecule has 0 radical (unpaired) electrons. The highest BCUT2D eigenvalue weighted by molar-refractivity contribution is 6.01. The number of benzene rings is 2. The van der Waals surface area contributed by atoms with Gasteiger partial charge >= 0.3 is 0 Å². The van der Waals surface area contributed by atoms with E-state index in [9.17, 15) is 4.79 Å². The maximum absolute atomic E-state index is 12.7. The van der Waals surface area contributed by atoms with Crippen LogP contribution in [0.2, 0.25) is 0 Å². The van der Waals surface area contributed by atoms with Gasteiger partial charge in [-0.05, 0) is 11.6 Å². The van der Waals surface area contributed by atoms with Gasteiger partial charge in [0.05, 0.1) is 23.6 Å². The van der Waals surface area contributed by atoms with Crippen molar-refractivity contribution in [3.05, 3.63) is 65.2 Å². The monoisotopic (exact) mass is 371 g/mol. The number of para-hydroxylation sites is 1. The Bertz CT molecular complexity index is 807. The largest absolute Gasteiger partial charge is 0.397 e. The van der Waals surface area contributed by atoms with Crippen molar-refractivity contribution in [2.24, 2.45) is 11.5 Å². The average molecular weight is 372 g/mol. The number of hydrogen-bond donors (Lipinski definition) is 4. The number of carbonyl (C=O) groups excluding carboxylic acids is 1. The van der Waals surface area contributed by atoms with Crippen LogP contribution in [-0.4, -0.2) is 19.5 Å². The molecule has 6 nitrogen and oxygen atoms in total. The second-order valence-corrected chi connectivity index (χ2v) is 5.73. The lowest BCUT2D eigenvalue weighted by Crippen LogP contribution is -2.34. The Morgan fingerprint density at radius 2 is 1.70 bits per heavy atom. The summed E-state index contributed by atoms with van der Waals surface area (Å²) in [4.78, 5) is 14.5. The molecule has 27 heavy (non-hydrogen) atoms. The second kappa shape index (κ2) is 10.4. The maximum atomic E-state index is 12.7. The standard InChI is InChI=1S/C19H22N4O.C2H6.H3N.H2/c1-22-19-15-8-4-5-9-16(15)23(17(24)10-11-20)12-13-6-2-3-7-14(13)18(19)21;1-2;;/h2-9,22H,10-12,20-21H2,1H3;1-2H3;1H3;1H/b19-18-;;;. The fraction of sp³-hybridized carbons (Fsp3) is 0.286. The van der Waals surface area contributed by atoms with Crippen LogP contribution in [0.5, 0.6) is 0 Å². The van der Waals surface area contributed by atoms with Gasteiger partial charge in [0.15, 0.2) is 0 Å². The van der Waals surface area contributed by atoms with Crippen molar-refractivity contribution in [1.82, 2.24) is 11.5 Å². The van der Waals surface area contributed by atoms with Crippen LogP contribution in [0.4, 0.5) is 5.69 Å². The number of nitrogens with zero attached hydrogens (tertiary/aromatic N) is 1. The summed E-state index contributed by atoms with van der Waals surface area (Å²) in [5, 5.41) is 3.20. The SMILES string of the molecule is CC.CN/C1=C(\N)c2ccccc2CN(C(=O)CCN)c2ccccc21.N.[HH]. The minimum absolute atomic E-state index is 0. The lowest BCUT2D eigenvalue weighted by Gasteiger charge is -2.30. The smallest absolute Gasteiger partial charge is 0.228 e. The van der Waals surface area contributed by atoms with Gasteiger partial charge in [-0.2, -0.15) is 0 Å². The van der Waals surface area contributed by atoms with Gasteiger partial charge in [-0.25, -0.2) is 0 Å². The zero-order valence-electron chi connectivity index (χ0n) is 16.5.